The van der Waals surface area contributed by atoms with Crippen molar-refractivity contribution in [1.29, 1.82) is 0 Å². The van der Waals surface area contributed by atoms with Crippen molar-refractivity contribution in [2.24, 2.45) is 0 Å². The van der Waals surface area contributed by atoms with Crippen LogP contribution in [0.4, 0.5) is 0 Å². The molecule has 3 heterocycles. The second-order valence-electron chi connectivity index (χ2n) is 3.73. The third-order valence-electron chi connectivity index (χ3n) is 2.69. The van der Waals surface area contributed by atoms with E-state index in [0.29, 0.717) is 6.10 Å². The largest absolute Gasteiger partial charge is 0.372 e. The van der Waals surface area contributed by atoms with Gasteiger partial charge in [-0.25, -0.2) is 4.98 Å². The topological polar surface area (TPSA) is 33.6 Å². The van der Waals surface area contributed by atoms with E-state index in [1.807, 2.05) is 6.20 Å². The molecular weight excluding hydrogens is 166 g/mol. The van der Waals surface area contributed by atoms with Crippen LogP contribution in [-0.4, -0.2) is 40.3 Å². The van der Waals surface area contributed by atoms with E-state index in [1.54, 1.807) is 0 Å². The van der Waals surface area contributed by atoms with Gasteiger partial charge in [-0.05, 0) is 0 Å². The minimum Gasteiger partial charge on any atom is -0.372 e. The number of hydrogen-bond donors (Lipinski definition) is 0. The first-order chi connectivity index (χ1) is 6.42. The fraction of sp³-hybridized carbons (Fsp3) is 0.667. The number of aromatic nitrogens is 2. The van der Waals surface area contributed by atoms with Crippen molar-refractivity contribution in [2.75, 3.05) is 19.7 Å². The molecule has 2 aliphatic heterocycles. The molecular formula is C9H13N3O. The van der Waals surface area contributed by atoms with Gasteiger partial charge in [-0.3, -0.25) is 4.90 Å². The predicted octanol–water partition coefficient (Wildman–Crippen LogP) is 0.0975. The lowest BCUT2D eigenvalue weighted by Gasteiger charge is -2.26. The van der Waals surface area contributed by atoms with Gasteiger partial charge in [0.25, 0.3) is 0 Å². The van der Waals surface area contributed by atoms with Gasteiger partial charge >= 0.3 is 0 Å². The number of hydrogen-bond acceptors (Lipinski definition) is 3. The molecule has 0 radical (unpaired) electrons. The maximum Gasteiger partial charge on any atom is 0.122 e. The Morgan fingerprint density at radius 1 is 1.54 bits per heavy atom. The van der Waals surface area contributed by atoms with Crippen molar-refractivity contribution in [3.05, 3.63) is 18.2 Å². The molecule has 0 unspecified atom stereocenters. The number of rotatable bonds is 2. The summed E-state index contributed by atoms with van der Waals surface area (Å²) in [7, 11) is 0. The van der Waals surface area contributed by atoms with Crippen molar-refractivity contribution in [3.63, 3.8) is 0 Å². The summed E-state index contributed by atoms with van der Waals surface area (Å²) >= 11 is 0. The lowest BCUT2D eigenvalue weighted by atomic mass is 10.3. The van der Waals surface area contributed by atoms with Gasteiger partial charge in [0.05, 0.1) is 19.3 Å². The Labute approximate surface area is 77.1 Å². The van der Waals surface area contributed by atoms with Crippen LogP contribution in [0.5, 0.6) is 0 Å². The van der Waals surface area contributed by atoms with Gasteiger partial charge < -0.3 is 9.30 Å². The molecule has 4 nitrogen and oxygen atoms in total. The van der Waals surface area contributed by atoms with E-state index in [9.17, 15) is 0 Å². The molecule has 1 aromatic rings. The van der Waals surface area contributed by atoms with E-state index >= 15 is 0 Å². The van der Waals surface area contributed by atoms with Crippen LogP contribution in [0.1, 0.15) is 5.82 Å². The summed E-state index contributed by atoms with van der Waals surface area (Å²) in [5, 5.41) is 0. The lowest BCUT2D eigenvalue weighted by molar-refractivity contribution is 0.197. The number of ether oxygens (including phenoxy) is 1. The van der Waals surface area contributed by atoms with E-state index in [-0.39, 0.29) is 0 Å². The zero-order valence-corrected chi connectivity index (χ0v) is 7.52. The summed E-state index contributed by atoms with van der Waals surface area (Å²) < 4.78 is 7.44. The summed E-state index contributed by atoms with van der Waals surface area (Å²) in [5.74, 6) is 1.19. The molecule has 0 saturated carbocycles. The van der Waals surface area contributed by atoms with Crippen molar-refractivity contribution in [3.8, 4) is 0 Å². The smallest absolute Gasteiger partial charge is 0.122 e. The molecule has 1 atom stereocenters. The average Bonchev–Trinajstić information content (AvgIpc) is 2.83. The van der Waals surface area contributed by atoms with E-state index in [2.05, 4.69) is 20.6 Å². The predicted molar refractivity (Wildman–Crippen MR) is 47.2 cm³/mol. The Morgan fingerprint density at radius 3 is 3.31 bits per heavy atom. The number of fused-ring (bicyclic) bond motifs is 1. The molecule has 0 N–H and O–H groups in total. The molecule has 0 spiro atoms. The average molecular weight is 179 g/mol. The monoisotopic (exact) mass is 179 g/mol. The highest BCUT2D eigenvalue weighted by Gasteiger charge is 2.27. The second-order valence-corrected chi connectivity index (χ2v) is 3.73. The van der Waals surface area contributed by atoms with Gasteiger partial charge in [0.1, 0.15) is 5.82 Å². The van der Waals surface area contributed by atoms with Crippen LogP contribution in [0, 0.1) is 0 Å². The van der Waals surface area contributed by atoms with Crippen LogP contribution in [0.15, 0.2) is 12.4 Å². The van der Waals surface area contributed by atoms with Crippen LogP contribution >= 0.6 is 0 Å². The minimum atomic E-state index is 0.501. The first-order valence-electron chi connectivity index (χ1n) is 4.76. The SMILES string of the molecule is c1cn2c(n1)CN(C[C@H]1CO1)CC2. The summed E-state index contributed by atoms with van der Waals surface area (Å²) in [6.45, 7) is 5.20. The fourth-order valence-corrected chi connectivity index (χ4v) is 1.84. The molecule has 2 aliphatic rings. The first-order valence-corrected chi connectivity index (χ1v) is 4.76. The summed E-state index contributed by atoms with van der Waals surface area (Å²) in [5.41, 5.74) is 0. The summed E-state index contributed by atoms with van der Waals surface area (Å²) in [6.07, 6.45) is 4.44. The molecule has 13 heavy (non-hydrogen) atoms. The highest BCUT2D eigenvalue weighted by molar-refractivity contribution is 4.96. The molecule has 0 aromatic carbocycles. The third-order valence-corrected chi connectivity index (χ3v) is 2.69. The molecule has 0 aliphatic carbocycles. The van der Waals surface area contributed by atoms with Crippen molar-refractivity contribution in [2.45, 2.75) is 19.2 Å². The minimum absolute atomic E-state index is 0.501. The molecule has 70 valence electrons. The normalized spacial score (nSPS) is 27.2. The number of epoxide rings is 1. The lowest BCUT2D eigenvalue weighted by Crippen LogP contribution is -2.36. The number of nitrogens with zero attached hydrogens (tertiary/aromatic N) is 3. The zero-order valence-electron chi connectivity index (χ0n) is 7.52. The highest BCUT2D eigenvalue weighted by atomic mass is 16.6. The third kappa shape index (κ3) is 1.47. The fourth-order valence-electron chi connectivity index (χ4n) is 1.84. The van der Waals surface area contributed by atoms with Crippen LogP contribution in [0.3, 0.4) is 0 Å². The van der Waals surface area contributed by atoms with Crippen LogP contribution < -0.4 is 0 Å². The van der Waals surface area contributed by atoms with Gasteiger partial charge in [0.15, 0.2) is 0 Å². The molecule has 4 heteroatoms. The van der Waals surface area contributed by atoms with Crippen LogP contribution in [0.25, 0.3) is 0 Å². The maximum atomic E-state index is 5.21. The Bertz CT molecular complexity index is 306. The molecule has 1 saturated heterocycles. The van der Waals surface area contributed by atoms with Crippen LogP contribution in [0.2, 0.25) is 0 Å². The Hall–Kier alpha value is -0.870. The second kappa shape index (κ2) is 2.82. The van der Waals surface area contributed by atoms with Gasteiger partial charge in [0.2, 0.25) is 0 Å². The van der Waals surface area contributed by atoms with Crippen LogP contribution in [-0.2, 0) is 17.8 Å². The van der Waals surface area contributed by atoms with E-state index in [0.717, 1.165) is 32.8 Å². The number of imidazole rings is 1. The molecule has 1 fully saturated rings. The van der Waals surface area contributed by atoms with Gasteiger partial charge in [-0.15, -0.1) is 0 Å². The maximum absolute atomic E-state index is 5.21. The van der Waals surface area contributed by atoms with Gasteiger partial charge in [-0.1, -0.05) is 0 Å². The Balaban J connectivity index is 1.69. The Morgan fingerprint density at radius 2 is 2.46 bits per heavy atom. The van der Waals surface area contributed by atoms with E-state index in [1.165, 1.54) is 5.82 Å². The summed E-state index contributed by atoms with van der Waals surface area (Å²) in [6, 6.07) is 0. The van der Waals surface area contributed by atoms with E-state index in [4.69, 9.17) is 4.74 Å². The zero-order chi connectivity index (χ0) is 8.67. The molecule has 3 rings (SSSR count). The Kier molecular flexibility index (Phi) is 1.63. The van der Waals surface area contributed by atoms with Gasteiger partial charge in [0, 0.05) is 32.0 Å². The van der Waals surface area contributed by atoms with Crippen molar-refractivity contribution >= 4 is 0 Å². The van der Waals surface area contributed by atoms with E-state index < -0.39 is 0 Å². The first kappa shape index (κ1) is 7.53. The molecule has 0 bridgehead atoms. The molecule has 1 aromatic heterocycles. The van der Waals surface area contributed by atoms with Crippen molar-refractivity contribution < 1.29 is 4.74 Å². The van der Waals surface area contributed by atoms with Gasteiger partial charge in [-0.2, -0.15) is 0 Å². The summed E-state index contributed by atoms with van der Waals surface area (Å²) in [4.78, 5) is 6.73. The molecule has 0 amide bonds. The quantitative estimate of drug-likeness (QED) is 0.604. The van der Waals surface area contributed by atoms with Crippen molar-refractivity contribution in [1.82, 2.24) is 14.5 Å². The highest BCUT2D eigenvalue weighted by Crippen LogP contribution is 2.15. The standard InChI is InChI=1S/C9H13N3O/c1-2-12-4-3-11(5-8-7-13-8)6-9(12)10-1/h1-2,8H,3-7H2/t8-/m0/s1.